The van der Waals surface area contributed by atoms with Crippen LogP contribution in [0.4, 0.5) is 10.1 Å². The minimum Gasteiger partial charge on any atom is -0.481 e. The highest BCUT2D eigenvalue weighted by atomic mass is 19.1. The predicted molar refractivity (Wildman–Crippen MR) is 72.1 cm³/mol. The number of nitrogens with zero attached hydrogens (tertiary/aromatic N) is 1. The van der Waals surface area contributed by atoms with E-state index in [1.165, 1.54) is 12.1 Å². The summed E-state index contributed by atoms with van der Waals surface area (Å²) in [4.78, 5) is 24.3. The smallest absolute Gasteiger partial charge is 0.306 e. The van der Waals surface area contributed by atoms with Gasteiger partial charge in [0.1, 0.15) is 5.82 Å². The molecule has 0 spiro atoms. The van der Waals surface area contributed by atoms with Crippen LogP contribution in [-0.4, -0.2) is 29.6 Å². The number of carboxylic acid groups (broad SMARTS) is 1. The number of rotatable bonds is 3. The zero-order valence-electron chi connectivity index (χ0n) is 11.2. The highest BCUT2D eigenvalue weighted by molar-refractivity contribution is 5.99. The SMILES string of the molecule is CC1CC(C(=O)O)CCN1c1cccc(F)c1C(N)=O. The molecule has 0 radical (unpaired) electrons. The molecule has 1 aromatic carbocycles. The van der Waals surface area contributed by atoms with Crippen LogP contribution in [0.2, 0.25) is 0 Å². The van der Waals surface area contributed by atoms with Crippen LogP contribution in [0.25, 0.3) is 0 Å². The molecule has 0 aliphatic carbocycles. The number of hydrogen-bond acceptors (Lipinski definition) is 3. The van der Waals surface area contributed by atoms with E-state index < -0.39 is 23.6 Å². The van der Waals surface area contributed by atoms with Crippen molar-refractivity contribution in [2.24, 2.45) is 11.7 Å². The number of carbonyl (C=O) groups excluding carboxylic acids is 1. The first-order chi connectivity index (χ1) is 9.41. The fourth-order valence-corrected chi connectivity index (χ4v) is 2.75. The van der Waals surface area contributed by atoms with Crippen LogP contribution in [0.1, 0.15) is 30.1 Å². The first-order valence-corrected chi connectivity index (χ1v) is 6.49. The Labute approximate surface area is 116 Å². The third-order valence-electron chi connectivity index (χ3n) is 3.77. The molecule has 0 aromatic heterocycles. The van der Waals surface area contributed by atoms with Gasteiger partial charge in [0.05, 0.1) is 17.2 Å². The van der Waals surface area contributed by atoms with E-state index in [9.17, 15) is 14.0 Å². The summed E-state index contributed by atoms with van der Waals surface area (Å²) in [5.74, 6) is -2.68. The predicted octanol–water partition coefficient (Wildman–Crippen LogP) is 1.61. The summed E-state index contributed by atoms with van der Waals surface area (Å²) in [5, 5.41) is 9.05. The second kappa shape index (κ2) is 5.48. The Kier molecular flexibility index (Phi) is 3.92. The van der Waals surface area contributed by atoms with Gasteiger partial charge in [0, 0.05) is 12.6 Å². The molecule has 0 saturated carbocycles. The fourth-order valence-electron chi connectivity index (χ4n) is 2.75. The lowest BCUT2D eigenvalue weighted by molar-refractivity contribution is -0.142. The number of carbonyl (C=O) groups is 2. The average molecular weight is 280 g/mol. The van der Waals surface area contributed by atoms with E-state index in [-0.39, 0.29) is 11.6 Å². The van der Waals surface area contributed by atoms with Crippen LogP contribution in [0.5, 0.6) is 0 Å². The molecular formula is C14H17FN2O3. The summed E-state index contributed by atoms with van der Waals surface area (Å²) in [5.41, 5.74) is 5.55. The number of amides is 1. The van der Waals surface area contributed by atoms with Crippen LogP contribution in [0.15, 0.2) is 18.2 Å². The average Bonchev–Trinajstić information content (AvgIpc) is 2.37. The third kappa shape index (κ3) is 2.59. The Morgan fingerprint density at radius 2 is 2.15 bits per heavy atom. The number of piperidine rings is 1. The van der Waals surface area contributed by atoms with Crippen molar-refractivity contribution in [1.29, 1.82) is 0 Å². The van der Waals surface area contributed by atoms with Crippen molar-refractivity contribution in [3.8, 4) is 0 Å². The molecule has 0 bridgehead atoms. The van der Waals surface area contributed by atoms with Crippen molar-refractivity contribution in [2.45, 2.75) is 25.8 Å². The van der Waals surface area contributed by atoms with Gasteiger partial charge in [0.2, 0.25) is 0 Å². The van der Waals surface area contributed by atoms with Crippen molar-refractivity contribution in [1.82, 2.24) is 0 Å². The maximum atomic E-state index is 13.8. The van der Waals surface area contributed by atoms with Crippen molar-refractivity contribution < 1.29 is 19.1 Å². The van der Waals surface area contributed by atoms with E-state index in [0.717, 1.165) is 0 Å². The van der Waals surface area contributed by atoms with E-state index in [1.54, 1.807) is 6.07 Å². The van der Waals surface area contributed by atoms with Crippen LogP contribution < -0.4 is 10.6 Å². The molecule has 2 rings (SSSR count). The Morgan fingerprint density at radius 1 is 1.45 bits per heavy atom. The lowest BCUT2D eigenvalue weighted by atomic mass is 9.91. The zero-order chi connectivity index (χ0) is 14.9. The van der Waals surface area contributed by atoms with Gasteiger partial charge in [-0.2, -0.15) is 0 Å². The highest BCUT2D eigenvalue weighted by Gasteiger charge is 2.31. The Morgan fingerprint density at radius 3 is 2.70 bits per heavy atom. The molecular weight excluding hydrogens is 263 g/mol. The summed E-state index contributed by atoms with van der Waals surface area (Å²) >= 11 is 0. The van der Waals surface area contributed by atoms with Crippen molar-refractivity contribution in [3.05, 3.63) is 29.6 Å². The molecule has 5 nitrogen and oxygen atoms in total. The van der Waals surface area contributed by atoms with Crippen LogP contribution in [0.3, 0.4) is 0 Å². The summed E-state index contributed by atoms with van der Waals surface area (Å²) in [6, 6.07) is 4.26. The molecule has 20 heavy (non-hydrogen) atoms. The molecule has 1 aromatic rings. The first-order valence-electron chi connectivity index (χ1n) is 6.49. The minimum atomic E-state index is -0.814. The Bertz CT molecular complexity index is 547. The standard InChI is InChI=1S/C14H17FN2O3/c1-8-7-9(14(19)20)5-6-17(8)11-4-2-3-10(15)12(11)13(16)18/h2-4,8-9H,5-7H2,1H3,(H2,16,18)(H,19,20). The lowest BCUT2D eigenvalue weighted by Crippen LogP contribution is -2.43. The van der Waals surface area contributed by atoms with E-state index in [0.29, 0.717) is 25.1 Å². The van der Waals surface area contributed by atoms with Gasteiger partial charge < -0.3 is 15.7 Å². The summed E-state index contributed by atoms with van der Waals surface area (Å²) in [6.45, 7) is 2.33. The molecule has 1 aliphatic heterocycles. The third-order valence-corrected chi connectivity index (χ3v) is 3.77. The van der Waals surface area contributed by atoms with Gasteiger partial charge in [-0.3, -0.25) is 9.59 Å². The fraction of sp³-hybridized carbons (Fsp3) is 0.429. The zero-order valence-corrected chi connectivity index (χ0v) is 11.2. The van der Waals surface area contributed by atoms with Gasteiger partial charge in [-0.25, -0.2) is 4.39 Å². The molecule has 1 heterocycles. The molecule has 3 N–H and O–H groups in total. The van der Waals surface area contributed by atoms with Crippen LogP contribution in [0, 0.1) is 11.7 Å². The van der Waals surface area contributed by atoms with Crippen molar-refractivity contribution >= 4 is 17.6 Å². The van der Waals surface area contributed by atoms with Gasteiger partial charge in [-0.1, -0.05) is 6.07 Å². The van der Waals surface area contributed by atoms with E-state index in [2.05, 4.69) is 0 Å². The number of carboxylic acids is 1. The second-order valence-electron chi connectivity index (χ2n) is 5.10. The summed E-state index contributed by atoms with van der Waals surface area (Å²) in [6.07, 6.45) is 0.929. The largest absolute Gasteiger partial charge is 0.481 e. The van der Waals surface area contributed by atoms with Gasteiger partial charge >= 0.3 is 5.97 Å². The van der Waals surface area contributed by atoms with Gasteiger partial charge in [-0.05, 0) is 31.9 Å². The van der Waals surface area contributed by atoms with E-state index in [4.69, 9.17) is 10.8 Å². The monoisotopic (exact) mass is 280 g/mol. The van der Waals surface area contributed by atoms with Gasteiger partial charge in [0.15, 0.2) is 0 Å². The molecule has 1 fully saturated rings. The summed E-state index contributed by atoms with van der Waals surface area (Å²) < 4.78 is 13.8. The maximum Gasteiger partial charge on any atom is 0.306 e. The van der Waals surface area contributed by atoms with Gasteiger partial charge in [-0.15, -0.1) is 0 Å². The number of primary amides is 1. The maximum absolute atomic E-state index is 13.8. The number of benzene rings is 1. The molecule has 108 valence electrons. The number of hydrogen-bond donors (Lipinski definition) is 2. The number of anilines is 1. The molecule has 2 atom stereocenters. The Balaban J connectivity index is 2.32. The van der Waals surface area contributed by atoms with Crippen LogP contribution in [-0.2, 0) is 4.79 Å². The molecule has 1 amide bonds. The van der Waals surface area contributed by atoms with Gasteiger partial charge in [0.25, 0.3) is 5.91 Å². The molecule has 1 saturated heterocycles. The normalized spacial score (nSPS) is 22.6. The highest BCUT2D eigenvalue weighted by Crippen LogP contribution is 2.31. The molecule has 2 unspecified atom stereocenters. The Hall–Kier alpha value is -2.11. The van der Waals surface area contributed by atoms with E-state index in [1.807, 2.05) is 11.8 Å². The summed E-state index contributed by atoms with van der Waals surface area (Å²) in [7, 11) is 0. The number of nitrogens with two attached hydrogens (primary N) is 1. The lowest BCUT2D eigenvalue weighted by Gasteiger charge is -2.38. The first kappa shape index (κ1) is 14.3. The van der Waals surface area contributed by atoms with Crippen molar-refractivity contribution in [2.75, 3.05) is 11.4 Å². The van der Waals surface area contributed by atoms with Crippen LogP contribution >= 0.6 is 0 Å². The molecule has 1 aliphatic rings. The second-order valence-corrected chi connectivity index (χ2v) is 5.10. The quantitative estimate of drug-likeness (QED) is 0.881. The van der Waals surface area contributed by atoms with E-state index >= 15 is 0 Å². The topological polar surface area (TPSA) is 83.6 Å². The minimum absolute atomic E-state index is 0.0928. The van der Waals surface area contributed by atoms with Crippen molar-refractivity contribution in [3.63, 3.8) is 0 Å². The molecule has 6 heteroatoms. The number of halogens is 1. The number of aliphatic carboxylic acids is 1.